The molecule has 5 heteroatoms. The molecule has 0 amide bonds. The largest absolute Gasteiger partial charge is 0.437 e. The molecule has 1 N–H and O–H groups in total. The Hall–Kier alpha value is -1.46. The van der Waals surface area contributed by atoms with Crippen LogP contribution in [0.25, 0.3) is 0 Å². The zero-order valence-electron chi connectivity index (χ0n) is 11.0. The summed E-state index contributed by atoms with van der Waals surface area (Å²) in [4.78, 5) is 8.54. The molecule has 0 unspecified atom stereocenters. The van der Waals surface area contributed by atoms with E-state index in [1.165, 1.54) is 0 Å². The lowest BCUT2D eigenvalue weighted by Crippen LogP contribution is -2.13. The van der Waals surface area contributed by atoms with Crippen molar-refractivity contribution in [1.29, 1.82) is 0 Å². The third-order valence-corrected chi connectivity index (χ3v) is 3.46. The van der Waals surface area contributed by atoms with Crippen LogP contribution in [0.4, 0.5) is 0 Å². The smallest absolute Gasteiger partial charge is 0.238 e. The molecule has 0 spiro atoms. The molecule has 0 aliphatic rings. The van der Waals surface area contributed by atoms with Gasteiger partial charge in [-0.1, -0.05) is 22.9 Å². The molecule has 2 aromatic rings. The molecule has 19 heavy (non-hydrogen) atoms. The lowest BCUT2D eigenvalue weighted by Gasteiger charge is -2.07. The van der Waals surface area contributed by atoms with Crippen LogP contribution in [-0.2, 0) is 6.54 Å². The number of halogens is 1. The van der Waals surface area contributed by atoms with Gasteiger partial charge < -0.3 is 10.1 Å². The van der Waals surface area contributed by atoms with Crippen LogP contribution in [0.2, 0.25) is 0 Å². The van der Waals surface area contributed by atoms with Gasteiger partial charge in [-0.2, -0.15) is 0 Å². The van der Waals surface area contributed by atoms with Crippen molar-refractivity contribution in [2.75, 3.05) is 6.54 Å². The maximum atomic E-state index is 5.71. The summed E-state index contributed by atoms with van der Waals surface area (Å²) in [5.41, 5.74) is 1.99. The summed E-state index contributed by atoms with van der Waals surface area (Å²) in [6, 6.07) is 5.82. The number of benzene rings is 1. The van der Waals surface area contributed by atoms with E-state index in [2.05, 4.69) is 38.1 Å². The molecule has 0 radical (unpaired) electrons. The molecule has 0 saturated heterocycles. The number of ether oxygens (including phenoxy) is 1. The minimum Gasteiger partial charge on any atom is -0.437 e. The molecule has 0 aliphatic carbocycles. The normalized spacial score (nSPS) is 10.5. The highest BCUT2D eigenvalue weighted by Crippen LogP contribution is 2.24. The van der Waals surface area contributed by atoms with Gasteiger partial charge in [-0.05, 0) is 37.2 Å². The second-order valence-corrected chi connectivity index (χ2v) is 5.00. The highest BCUT2D eigenvalue weighted by atomic mass is 79.9. The van der Waals surface area contributed by atoms with Crippen LogP contribution in [0.15, 0.2) is 35.1 Å². The van der Waals surface area contributed by atoms with E-state index in [4.69, 9.17) is 4.74 Å². The first-order valence-electron chi connectivity index (χ1n) is 6.14. The molecular weight excluding hydrogens is 306 g/mol. The fraction of sp³-hybridized carbons (Fsp3) is 0.286. The van der Waals surface area contributed by atoms with Crippen LogP contribution in [0.5, 0.6) is 11.6 Å². The summed E-state index contributed by atoms with van der Waals surface area (Å²) in [5.74, 6) is 1.27. The fourth-order valence-corrected chi connectivity index (χ4v) is 1.82. The zero-order chi connectivity index (χ0) is 13.7. The highest BCUT2D eigenvalue weighted by Gasteiger charge is 2.03. The van der Waals surface area contributed by atoms with E-state index >= 15 is 0 Å². The van der Waals surface area contributed by atoms with Crippen molar-refractivity contribution in [1.82, 2.24) is 15.3 Å². The third-order valence-electron chi connectivity index (χ3n) is 2.57. The van der Waals surface area contributed by atoms with E-state index in [1.807, 2.05) is 25.1 Å². The number of aromatic nitrogens is 2. The highest BCUT2D eigenvalue weighted by molar-refractivity contribution is 9.10. The van der Waals surface area contributed by atoms with Gasteiger partial charge in [0.05, 0.1) is 11.9 Å². The van der Waals surface area contributed by atoms with Crippen LogP contribution in [0.3, 0.4) is 0 Å². The molecule has 4 nitrogen and oxygen atoms in total. The predicted molar refractivity (Wildman–Crippen MR) is 78.4 cm³/mol. The average Bonchev–Trinajstić information content (AvgIpc) is 2.41. The van der Waals surface area contributed by atoms with Gasteiger partial charge in [-0.25, -0.2) is 4.98 Å². The Morgan fingerprint density at radius 1 is 1.32 bits per heavy atom. The standard InChI is InChI=1S/C14H16BrN3O/c1-3-16-7-11-8-17-9-14(18-11)19-12-4-5-13(15)10(2)6-12/h4-6,8-9,16H,3,7H2,1-2H3. The maximum Gasteiger partial charge on any atom is 0.238 e. The number of rotatable bonds is 5. The average molecular weight is 322 g/mol. The first kappa shape index (κ1) is 14.0. The molecule has 0 saturated carbocycles. The Kier molecular flexibility index (Phi) is 4.87. The van der Waals surface area contributed by atoms with Gasteiger partial charge in [-0.3, -0.25) is 4.98 Å². The Bertz CT molecular complexity index is 560. The van der Waals surface area contributed by atoms with E-state index in [9.17, 15) is 0 Å². The van der Waals surface area contributed by atoms with Crippen LogP contribution >= 0.6 is 15.9 Å². The van der Waals surface area contributed by atoms with Gasteiger partial charge in [0.15, 0.2) is 0 Å². The topological polar surface area (TPSA) is 47.0 Å². The van der Waals surface area contributed by atoms with Crippen molar-refractivity contribution in [3.05, 3.63) is 46.3 Å². The molecule has 0 aliphatic heterocycles. The summed E-state index contributed by atoms with van der Waals surface area (Å²) in [6.07, 6.45) is 3.36. The van der Waals surface area contributed by atoms with Gasteiger partial charge in [0, 0.05) is 17.2 Å². The predicted octanol–water partition coefficient (Wildman–Crippen LogP) is 3.45. The van der Waals surface area contributed by atoms with E-state index in [1.54, 1.807) is 12.4 Å². The maximum absolute atomic E-state index is 5.71. The van der Waals surface area contributed by atoms with E-state index in [0.717, 1.165) is 28.0 Å². The monoisotopic (exact) mass is 321 g/mol. The van der Waals surface area contributed by atoms with Gasteiger partial charge in [0.25, 0.3) is 0 Å². The van der Waals surface area contributed by atoms with Crippen molar-refractivity contribution >= 4 is 15.9 Å². The van der Waals surface area contributed by atoms with E-state index in [-0.39, 0.29) is 0 Å². The minimum absolute atomic E-state index is 0.511. The lowest BCUT2D eigenvalue weighted by molar-refractivity contribution is 0.456. The lowest BCUT2D eigenvalue weighted by atomic mass is 10.2. The minimum atomic E-state index is 0.511. The SMILES string of the molecule is CCNCc1cncc(Oc2ccc(Br)c(C)c2)n1. The first-order chi connectivity index (χ1) is 9.19. The quantitative estimate of drug-likeness (QED) is 0.916. The number of hydrogen-bond donors (Lipinski definition) is 1. The molecule has 2 rings (SSSR count). The Morgan fingerprint density at radius 2 is 2.16 bits per heavy atom. The second-order valence-electron chi connectivity index (χ2n) is 4.14. The third kappa shape index (κ3) is 4.01. The first-order valence-corrected chi connectivity index (χ1v) is 6.94. The Labute approximate surface area is 121 Å². The number of nitrogens with zero attached hydrogens (tertiary/aromatic N) is 2. The van der Waals surface area contributed by atoms with Crippen molar-refractivity contribution in [2.45, 2.75) is 20.4 Å². The number of nitrogens with one attached hydrogen (secondary N) is 1. The molecule has 0 atom stereocenters. The summed E-state index contributed by atoms with van der Waals surface area (Å²) in [7, 11) is 0. The zero-order valence-corrected chi connectivity index (χ0v) is 12.6. The molecule has 100 valence electrons. The van der Waals surface area contributed by atoms with Gasteiger partial charge in [0.2, 0.25) is 5.88 Å². The molecule has 1 aromatic carbocycles. The molecule has 1 heterocycles. The summed E-state index contributed by atoms with van der Waals surface area (Å²) >= 11 is 3.46. The van der Waals surface area contributed by atoms with E-state index in [0.29, 0.717) is 12.4 Å². The van der Waals surface area contributed by atoms with Crippen LogP contribution in [-0.4, -0.2) is 16.5 Å². The van der Waals surface area contributed by atoms with Crippen LogP contribution in [0.1, 0.15) is 18.2 Å². The van der Waals surface area contributed by atoms with Gasteiger partial charge in [-0.15, -0.1) is 0 Å². The van der Waals surface area contributed by atoms with E-state index < -0.39 is 0 Å². The second kappa shape index (κ2) is 6.63. The van der Waals surface area contributed by atoms with Crippen LogP contribution in [0, 0.1) is 6.92 Å². The molecule has 0 fully saturated rings. The van der Waals surface area contributed by atoms with Gasteiger partial charge in [0.1, 0.15) is 5.75 Å². The fourth-order valence-electron chi connectivity index (χ4n) is 1.58. The van der Waals surface area contributed by atoms with Crippen molar-refractivity contribution < 1.29 is 4.74 Å². The van der Waals surface area contributed by atoms with Gasteiger partial charge >= 0.3 is 0 Å². The molecular formula is C14H16BrN3O. The number of aryl methyl sites for hydroxylation is 1. The Morgan fingerprint density at radius 3 is 2.89 bits per heavy atom. The molecule has 1 aromatic heterocycles. The van der Waals surface area contributed by atoms with Crippen LogP contribution < -0.4 is 10.1 Å². The number of hydrogen-bond acceptors (Lipinski definition) is 4. The molecule has 0 bridgehead atoms. The summed E-state index contributed by atoms with van der Waals surface area (Å²) in [6.45, 7) is 5.67. The van der Waals surface area contributed by atoms with Crippen molar-refractivity contribution in [2.24, 2.45) is 0 Å². The Balaban J connectivity index is 2.11. The summed E-state index contributed by atoms with van der Waals surface area (Å²) in [5, 5.41) is 3.21. The van der Waals surface area contributed by atoms with Crippen molar-refractivity contribution in [3.8, 4) is 11.6 Å². The summed E-state index contributed by atoms with van der Waals surface area (Å²) < 4.78 is 6.77. The van der Waals surface area contributed by atoms with Crippen molar-refractivity contribution in [3.63, 3.8) is 0 Å².